The fourth-order valence-corrected chi connectivity index (χ4v) is 3.23. The van der Waals surface area contributed by atoms with Gasteiger partial charge in [0.25, 0.3) is 0 Å². The number of nitrogens with zero attached hydrogens (tertiary/aromatic N) is 1. The summed E-state index contributed by atoms with van der Waals surface area (Å²) in [4.78, 5) is 14.5. The lowest BCUT2D eigenvalue weighted by Crippen LogP contribution is -2.43. The number of hydrogen-bond acceptors (Lipinski definition) is 2. The highest BCUT2D eigenvalue weighted by atomic mass is 16.2. The van der Waals surface area contributed by atoms with Gasteiger partial charge in [-0.3, -0.25) is 4.79 Å². The maximum absolute atomic E-state index is 12.4. The van der Waals surface area contributed by atoms with Crippen LogP contribution in [0.5, 0.6) is 0 Å². The highest BCUT2D eigenvalue weighted by Crippen LogP contribution is 2.23. The fourth-order valence-electron chi connectivity index (χ4n) is 3.23. The molecule has 2 rings (SSSR count). The average molecular weight is 278 g/mol. The minimum Gasteiger partial charge on any atom is -0.342 e. The van der Waals surface area contributed by atoms with Gasteiger partial charge in [-0.05, 0) is 51.0 Å². The maximum Gasteiger partial charge on any atom is 0.226 e. The van der Waals surface area contributed by atoms with Gasteiger partial charge < -0.3 is 10.2 Å². The average Bonchev–Trinajstić information content (AvgIpc) is 2.46. The Labute approximate surface area is 123 Å². The Hall–Kier alpha value is -0.830. The summed E-state index contributed by atoms with van der Waals surface area (Å²) in [6.07, 6.45) is 10.3. The van der Waals surface area contributed by atoms with Crippen LogP contribution < -0.4 is 5.32 Å². The number of piperidine rings is 1. The Morgan fingerprint density at radius 1 is 1.40 bits per heavy atom. The van der Waals surface area contributed by atoms with Gasteiger partial charge in [0.2, 0.25) is 5.91 Å². The van der Waals surface area contributed by atoms with E-state index in [4.69, 9.17) is 0 Å². The lowest BCUT2D eigenvalue weighted by Gasteiger charge is -2.33. The molecule has 1 saturated heterocycles. The van der Waals surface area contributed by atoms with Crippen molar-refractivity contribution in [2.75, 3.05) is 19.6 Å². The lowest BCUT2D eigenvalue weighted by molar-refractivity contribution is -0.132. The SMILES string of the molecule is CC(C)NCC1CCCN(C(=O)CC2=CCCCC2)C1. The quantitative estimate of drug-likeness (QED) is 0.784. The standard InChI is InChI=1S/C17H30N2O/c1-14(2)18-12-16-9-6-10-19(13-16)17(20)11-15-7-4-3-5-8-15/h7,14,16,18H,3-6,8-13H2,1-2H3. The molecule has 2 aliphatic rings. The van der Waals surface area contributed by atoms with Crippen LogP contribution in [0.25, 0.3) is 0 Å². The van der Waals surface area contributed by atoms with E-state index in [1.807, 2.05) is 0 Å². The summed E-state index contributed by atoms with van der Waals surface area (Å²) in [5.41, 5.74) is 1.38. The first kappa shape index (κ1) is 15.6. The molecular weight excluding hydrogens is 248 g/mol. The molecule has 0 aromatic carbocycles. The fraction of sp³-hybridized carbons (Fsp3) is 0.824. The number of rotatable bonds is 5. The van der Waals surface area contributed by atoms with E-state index >= 15 is 0 Å². The second-order valence-electron chi connectivity index (χ2n) is 6.70. The van der Waals surface area contributed by atoms with Crippen molar-refractivity contribution in [2.24, 2.45) is 5.92 Å². The second-order valence-corrected chi connectivity index (χ2v) is 6.70. The van der Waals surface area contributed by atoms with Crippen LogP contribution >= 0.6 is 0 Å². The molecule has 0 radical (unpaired) electrons. The Kier molecular flexibility index (Phi) is 6.08. The van der Waals surface area contributed by atoms with Crippen molar-refractivity contribution >= 4 is 5.91 Å². The smallest absolute Gasteiger partial charge is 0.226 e. The first-order valence-corrected chi connectivity index (χ1v) is 8.34. The molecule has 3 heteroatoms. The van der Waals surface area contributed by atoms with Crippen molar-refractivity contribution in [3.8, 4) is 0 Å². The molecule has 1 amide bonds. The van der Waals surface area contributed by atoms with Crippen molar-refractivity contribution in [1.29, 1.82) is 0 Å². The third kappa shape index (κ3) is 4.93. The van der Waals surface area contributed by atoms with Crippen molar-refractivity contribution in [3.63, 3.8) is 0 Å². The lowest BCUT2D eigenvalue weighted by atomic mass is 9.94. The Morgan fingerprint density at radius 2 is 2.25 bits per heavy atom. The number of nitrogens with one attached hydrogen (secondary N) is 1. The number of likely N-dealkylation sites (tertiary alicyclic amines) is 1. The van der Waals surface area contributed by atoms with E-state index in [-0.39, 0.29) is 0 Å². The third-order valence-electron chi connectivity index (χ3n) is 4.45. The van der Waals surface area contributed by atoms with Crippen LogP contribution in [0.2, 0.25) is 0 Å². The van der Waals surface area contributed by atoms with E-state index in [0.29, 0.717) is 24.3 Å². The van der Waals surface area contributed by atoms with Crippen molar-refractivity contribution in [3.05, 3.63) is 11.6 Å². The number of allylic oxidation sites excluding steroid dienone is 1. The molecule has 0 bridgehead atoms. The topological polar surface area (TPSA) is 32.3 Å². The predicted octanol–water partition coefficient (Wildman–Crippen LogP) is 3.11. The van der Waals surface area contributed by atoms with Gasteiger partial charge in [-0.25, -0.2) is 0 Å². The Bertz CT molecular complexity index is 349. The van der Waals surface area contributed by atoms with Crippen molar-refractivity contribution < 1.29 is 4.79 Å². The largest absolute Gasteiger partial charge is 0.342 e. The number of amides is 1. The van der Waals surface area contributed by atoms with Crippen LogP contribution in [0.3, 0.4) is 0 Å². The zero-order valence-corrected chi connectivity index (χ0v) is 13.2. The summed E-state index contributed by atoms with van der Waals surface area (Å²) in [5.74, 6) is 0.989. The molecule has 0 spiro atoms. The first-order valence-electron chi connectivity index (χ1n) is 8.34. The van der Waals surface area contributed by atoms with Crippen LogP contribution in [0.1, 0.15) is 58.8 Å². The molecule has 1 aliphatic heterocycles. The van der Waals surface area contributed by atoms with E-state index in [1.54, 1.807) is 0 Å². The molecule has 0 aromatic rings. The van der Waals surface area contributed by atoms with E-state index < -0.39 is 0 Å². The summed E-state index contributed by atoms with van der Waals surface area (Å²) in [7, 11) is 0. The molecule has 0 saturated carbocycles. The minimum atomic E-state index is 0.354. The number of hydrogen-bond donors (Lipinski definition) is 1. The van der Waals surface area contributed by atoms with Gasteiger partial charge in [-0.15, -0.1) is 0 Å². The van der Waals surface area contributed by atoms with Crippen LogP contribution in [0.4, 0.5) is 0 Å². The Morgan fingerprint density at radius 3 is 2.95 bits per heavy atom. The molecule has 3 nitrogen and oxygen atoms in total. The monoisotopic (exact) mass is 278 g/mol. The molecule has 1 unspecified atom stereocenters. The third-order valence-corrected chi connectivity index (χ3v) is 4.45. The number of carbonyl (C=O) groups excluding carboxylic acids is 1. The van der Waals surface area contributed by atoms with E-state index in [2.05, 4.69) is 30.1 Å². The molecule has 0 aromatic heterocycles. The van der Waals surface area contributed by atoms with E-state index in [1.165, 1.54) is 31.3 Å². The number of carbonyl (C=O) groups is 1. The molecule has 1 N–H and O–H groups in total. The summed E-state index contributed by atoms with van der Waals surface area (Å²) >= 11 is 0. The molecule has 20 heavy (non-hydrogen) atoms. The highest BCUT2D eigenvalue weighted by molar-refractivity contribution is 5.78. The first-order chi connectivity index (χ1) is 9.65. The minimum absolute atomic E-state index is 0.354. The van der Waals surface area contributed by atoms with Gasteiger partial charge in [0.15, 0.2) is 0 Å². The van der Waals surface area contributed by atoms with Crippen molar-refractivity contribution in [2.45, 2.75) is 64.8 Å². The summed E-state index contributed by atoms with van der Waals surface area (Å²) in [6, 6.07) is 0.536. The van der Waals surface area contributed by atoms with Gasteiger partial charge in [-0.1, -0.05) is 25.5 Å². The predicted molar refractivity (Wildman–Crippen MR) is 83.6 cm³/mol. The molecular formula is C17H30N2O. The van der Waals surface area contributed by atoms with Crippen molar-refractivity contribution in [1.82, 2.24) is 10.2 Å². The Balaban J connectivity index is 1.78. The molecule has 114 valence electrons. The second kappa shape index (κ2) is 7.82. The van der Waals surface area contributed by atoms with E-state index in [0.717, 1.165) is 32.5 Å². The van der Waals surface area contributed by atoms with Crippen LogP contribution in [-0.4, -0.2) is 36.5 Å². The van der Waals surface area contributed by atoms with Crippen LogP contribution in [0.15, 0.2) is 11.6 Å². The van der Waals surface area contributed by atoms with E-state index in [9.17, 15) is 4.79 Å². The summed E-state index contributed by atoms with van der Waals surface area (Å²) in [5, 5.41) is 3.51. The van der Waals surface area contributed by atoms with Gasteiger partial charge >= 0.3 is 0 Å². The molecule has 1 aliphatic carbocycles. The molecule has 1 atom stereocenters. The van der Waals surface area contributed by atoms with Crippen LogP contribution in [0, 0.1) is 5.92 Å². The molecule has 1 fully saturated rings. The van der Waals surface area contributed by atoms with Gasteiger partial charge in [0.1, 0.15) is 0 Å². The zero-order valence-electron chi connectivity index (χ0n) is 13.2. The van der Waals surface area contributed by atoms with Gasteiger partial charge in [0, 0.05) is 25.6 Å². The summed E-state index contributed by atoms with van der Waals surface area (Å²) in [6.45, 7) is 7.32. The van der Waals surface area contributed by atoms with Gasteiger partial charge in [0.05, 0.1) is 0 Å². The molecule has 1 heterocycles. The van der Waals surface area contributed by atoms with Crippen LogP contribution in [-0.2, 0) is 4.79 Å². The van der Waals surface area contributed by atoms with Gasteiger partial charge in [-0.2, -0.15) is 0 Å². The highest BCUT2D eigenvalue weighted by Gasteiger charge is 2.24. The summed E-state index contributed by atoms with van der Waals surface area (Å²) < 4.78 is 0. The maximum atomic E-state index is 12.4. The normalized spacial score (nSPS) is 23.9. The zero-order chi connectivity index (χ0) is 14.4.